The highest BCUT2D eigenvalue weighted by atomic mass is 35.5. The molecule has 2 aromatic carbocycles. The number of benzene rings is 2. The van der Waals surface area contributed by atoms with Gasteiger partial charge in [0.25, 0.3) is 5.56 Å². The van der Waals surface area contributed by atoms with Crippen molar-refractivity contribution in [3.63, 3.8) is 0 Å². The number of aromatic nitrogens is 2. The van der Waals surface area contributed by atoms with Gasteiger partial charge in [0, 0.05) is 11.3 Å². The summed E-state index contributed by atoms with van der Waals surface area (Å²) in [6, 6.07) is 11.1. The minimum absolute atomic E-state index is 0.159. The van der Waals surface area contributed by atoms with E-state index in [9.17, 15) is 23.2 Å². The third-order valence-corrected chi connectivity index (χ3v) is 5.81. The second-order valence-electron chi connectivity index (χ2n) is 6.66. The zero-order valence-corrected chi connectivity index (χ0v) is 17.3. The van der Waals surface area contributed by atoms with Crippen LogP contribution >= 0.6 is 22.9 Å². The molecule has 10 heteroatoms. The monoisotopic (exact) mass is 461 g/mol. The number of halogens is 3. The van der Waals surface area contributed by atoms with Crippen molar-refractivity contribution in [3.05, 3.63) is 97.0 Å². The van der Waals surface area contributed by atoms with E-state index in [0.29, 0.717) is 5.52 Å². The number of hydrogen-bond donors (Lipinski definition) is 1. The Morgan fingerprint density at radius 2 is 1.81 bits per heavy atom. The van der Waals surface area contributed by atoms with Crippen molar-refractivity contribution in [2.75, 3.05) is 5.32 Å². The molecule has 4 rings (SSSR count). The van der Waals surface area contributed by atoms with Crippen LogP contribution in [0.4, 0.5) is 14.5 Å². The molecule has 0 aliphatic rings. The molecule has 0 unspecified atom stereocenters. The molecular weight excluding hydrogens is 448 g/mol. The maximum atomic E-state index is 14.1. The molecule has 2 aromatic heterocycles. The van der Waals surface area contributed by atoms with Gasteiger partial charge in [-0.05, 0) is 35.7 Å². The van der Waals surface area contributed by atoms with Gasteiger partial charge in [-0.15, -0.1) is 11.3 Å². The topological polar surface area (TPSA) is 73.1 Å². The highest BCUT2D eigenvalue weighted by Crippen LogP contribution is 2.20. The van der Waals surface area contributed by atoms with Crippen LogP contribution in [0.3, 0.4) is 0 Å². The summed E-state index contributed by atoms with van der Waals surface area (Å²) >= 11 is 6.85. The number of carbonyl (C=O) groups is 1. The number of hydrogen-bond acceptors (Lipinski definition) is 4. The number of amides is 1. The fraction of sp³-hybridized carbons (Fsp3) is 0.0952. The predicted octanol–water partition coefficient (Wildman–Crippen LogP) is 3.84. The van der Waals surface area contributed by atoms with E-state index in [2.05, 4.69) is 5.32 Å². The normalized spacial score (nSPS) is 11.1. The summed E-state index contributed by atoms with van der Waals surface area (Å²) in [5.41, 5.74) is -0.566. The van der Waals surface area contributed by atoms with Crippen LogP contribution in [0.25, 0.3) is 10.2 Å². The summed E-state index contributed by atoms with van der Waals surface area (Å²) in [7, 11) is 0. The van der Waals surface area contributed by atoms with Gasteiger partial charge in [-0.3, -0.25) is 18.7 Å². The molecule has 0 saturated carbocycles. The van der Waals surface area contributed by atoms with Gasteiger partial charge in [0.2, 0.25) is 5.91 Å². The molecule has 0 bridgehead atoms. The quantitative estimate of drug-likeness (QED) is 0.490. The molecule has 0 atom stereocenters. The lowest BCUT2D eigenvalue weighted by atomic mass is 10.2. The molecule has 0 aliphatic carbocycles. The lowest BCUT2D eigenvalue weighted by Crippen LogP contribution is -2.41. The van der Waals surface area contributed by atoms with Gasteiger partial charge in [0.1, 0.15) is 22.9 Å². The van der Waals surface area contributed by atoms with E-state index in [0.717, 1.165) is 26.5 Å². The summed E-state index contributed by atoms with van der Waals surface area (Å²) < 4.78 is 29.7. The maximum absolute atomic E-state index is 14.1. The van der Waals surface area contributed by atoms with Crippen LogP contribution < -0.4 is 16.6 Å². The van der Waals surface area contributed by atoms with Gasteiger partial charge < -0.3 is 5.32 Å². The van der Waals surface area contributed by atoms with E-state index in [4.69, 9.17) is 11.6 Å². The number of carbonyl (C=O) groups excluding carboxylic acids is 1. The average Bonchev–Trinajstić information content (AvgIpc) is 3.22. The van der Waals surface area contributed by atoms with Crippen molar-refractivity contribution in [2.24, 2.45) is 0 Å². The molecule has 6 nitrogen and oxygen atoms in total. The summed E-state index contributed by atoms with van der Waals surface area (Å²) in [4.78, 5) is 38.4. The van der Waals surface area contributed by atoms with Crippen LogP contribution in [-0.2, 0) is 17.9 Å². The standard InChI is InChI=1S/C21H14ClF2N3O3S/c22-14-9-13(5-6-16(14)24)25-18(28)11-26-17-7-8-31-19(17)20(29)27(21(26)30)10-12-3-1-2-4-15(12)23/h1-9H,10-11H2,(H,25,28). The van der Waals surface area contributed by atoms with Crippen LogP contribution in [-0.4, -0.2) is 15.0 Å². The first-order chi connectivity index (χ1) is 14.8. The first-order valence-corrected chi connectivity index (χ1v) is 10.3. The smallest absolute Gasteiger partial charge is 0.324 e. The van der Waals surface area contributed by atoms with Crippen molar-refractivity contribution in [1.82, 2.24) is 9.13 Å². The Balaban J connectivity index is 1.72. The van der Waals surface area contributed by atoms with Crippen LogP contribution in [0, 0.1) is 11.6 Å². The first kappa shape index (κ1) is 21.0. The Kier molecular flexibility index (Phi) is 5.71. The Bertz CT molecular complexity index is 1430. The fourth-order valence-electron chi connectivity index (χ4n) is 3.14. The van der Waals surface area contributed by atoms with E-state index < -0.39 is 35.3 Å². The van der Waals surface area contributed by atoms with Gasteiger partial charge in [0.15, 0.2) is 0 Å². The van der Waals surface area contributed by atoms with Gasteiger partial charge in [-0.2, -0.15) is 0 Å². The third-order valence-electron chi connectivity index (χ3n) is 4.63. The second kappa shape index (κ2) is 8.44. The maximum Gasteiger partial charge on any atom is 0.332 e. The summed E-state index contributed by atoms with van der Waals surface area (Å²) in [6.45, 7) is -0.675. The van der Waals surface area contributed by atoms with Gasteiger partial charge in [-0.1, -0.05) is 29.8 Å². The number of nitrogens with one attached hydrogen (secondary N) is 1. The van der Waals surface area contributed by atoms with Crippen LogP contribution in [0.15, 0.2) is 63.5 Å². The largest absolute Gasteiger partial charge is 0.332 e. The number of anilines is 1. The molecule has 4 aromatic rings. The summed E-state index contributed by atoms with van der Waals surface area (Å²) in [5.74, 6) is -1.75. The zero-order chi connectivity index (χ0) is 22.1. The van der Waals surface area contributed by atoms with Gasteiger partial charge in [-0.25, -0.2) is 13.6 Å². The average molecular weight is 462 g/mol. The summed E-state index contributed by atoms with van der Waals surface area (Å²) in [6.07, 6.45) is 0. The van der Waals surface area contributed by atoms with E-state index in [-0.39, 0.29) is 27.5 Å². The molecule has 1 amide bonds. The molecule has 0 aliphatic heterocycles. The Morgan fingerprint density at radius 1 is 1.03 bits per heavy atom. The fourth-order valence-corrected chi connectivity index (χ4v) is 4.16. The van der Waals surface area contributed by atoms with E-state index in [1.165, 1.54) is 30.3 Å². The van der Waals surface area contributed by atoms with Crippen molar-refractivity contribution in [2.45, 2.75) is 13.1 Å². The van der Waals surface area contributed by atoms with Crippen molar-refractivity contribution in [3.8, 4) is 0 Å². The predicted molar refractivity (Wildman–Crippen MR) is 116 cm³/mol. The lowest BCUT2D eigenvalue weighted by Gasteiger charge is -2.13. The Morgan fingerprint density at radius 3 is 2.55 bits per heavy atom. The minimum atomic E-state index is -0.744. The molecule has 0 saturated heterocycles. The summed E-state index contributed by atoms with van der Waals surface area (Å²) in [5, 5.41) is 4.02. The third kappa shape index (κ3) is 4.14. The number of nitrogens with zero attached hydrogens (tertiary/aromatic N) is 2. The minimum Gasteiger partial charge on any atom is -0.324 e. The van der Waals surface area contributed by atoms with E-state index >= 15 is 0 Å². The molecule has 31 heavy (non-hydrogen) atoms. The lowest BCUT2D eigenvalue weighted by molar-refractivity contribution is -0.116. The van der Waals surface area contributed by atoms with Crippen molar-refractivity contribution < 1.29 is 13.6 Å². The van der Waals surface area contributed by atoms with Crippen LogP contribution in [0.1, 0.15) is 5.56 Å². The molecule has 0 fully saturated rings. The van der Waals surface area contributed by atoms with Crippen LogP contribution in [0.2, 0.25) is 5.02 Å². The van der Waals surface area contributed by atoms with E-state index in [1.807, 2.05) is 0 Å². The van der Waals surface area contributed by atoms with Gasteiger partial charge >= 0.3 is 5.69 Å². The molecule has 1 N–H and O–H groups in total. The van der Waals surface area contributed by atoms with Crippen molar-refractivity contribution in [1.29, 1.82) is 0 Å². The molecule has 158 valence electrons. The Hall–Kier alpha value is -3.30. The number of rotatable bonds is 5. The van der Waals surface area contributed by atoms with Crippen LogP contribution in [0.5, 0.6) is 0 Å². The Labute approximate surface area is 182 Å². The first-order valence-electron chi connectivity index (χ1n) is 9.04. The van der Waals surface area contributed by atoms with Gasteiger partial charge in [0.05, 0.1) is 17.1 Å². The highest BCUT2D eigenvalue weighted by Gasteiger charge is 2.18. The van der Waals surface area contributed by atoms with Crippen molar-refractivity contribution >= 4 is 44.7 Å². The number of thiophene rings is 1. The molecular formula is C21H14ClF2N3O3S. The molecule has 0 radical (unpaired) electrons. The second-order valence-corrected chi connectivity index (χ2v) is 7.99. The molecule has 0 spiro atoms. The SMILES string of the molecule is O=C(Cn1c(=O)n(Cc2ccccc2F)c(=O)c2sccc21)Nc1ccc(F)c(Cl)c1. The zero-order valence-electron chi connectivity index (χ0n) is 15.8. The highest BCUT2D eigenvalue weighted by molar-refractivity contribution is 7.17. The van der Waals surface area contributed by atoms with E-state index in [1.54, 1.807) is 17.5 Å². The molecule has 2 heterocycles. The number of fused-ring (bicyclic) bond motifs is 1.